The molecule has 2 N–H and O–H groups in total. The summed E-state index contributed by atoms with van der Waals surface area (Å²) in [5, 5.41) is 4.62. The fourth-order valence-corrected chi connectivity index (χ4v) is 3.15. The largest absolute Gasteiger partial charge is 0.486 e. The first-order chi connectivity index (χ1) is 14.2. The van der Waals surface area contributed by atoms with Crippen LogP contribution < -0.4 is 25.0 Å². The van der Waals surface area contributed by atoms with E-state index in [0.29, 0.717) is 30.4 Å². The SMILES string of the molecule is CC(C)NC(=O)NC(=O)[C@@H](C)OC(=O)[C@H]1CC(=O)N(c2ccc3c(c2)OCCO3)C1. The van der Waals surface area contributed by atoms with Gasteiger partial charge in [-0.05, 0) is 32.9 Å². The maximum Gasteiger partial charge on any atom is 0.321 e. The lowest BCUT2D eigenvalue weighted by molar-refractivity contribution is -0.158. The molecule has 1 fully saturated rings. The molecule has 162 valence electrons. The van der Waals surface area contributed by atoms with Gasteiger partial charge in [0, 0.05) is 30.8 Å². The molecule has 10 nitrogen and oxygen atoms in total. The Labute approximate surface area is 173 Å². The van der Waals surface area contributed by atoms with Gasteiger partial charge < -0.3 is 24.4 Å². The van der Waals surface area contributed by atoms with Crippen LogP contribution in [0.2, 0.25) is 0 Å². The Hall–Kier alpha value is -3.30. The molecule has 0 spiro atoms. The van der Waals surface area contributed by atoms with Gasteiger partial charge in [0.25, 0.3) is 5.91 Å². The van der Waals surface area contributed by atoms with Crippen LogP contribution in [0.1, 0.15) is 27.2 Å². The molecule has 0 aliphatic carbocycles. The van der Waals surface area contributed by atoms with Crippen molar-refractivity contribution in [2.24, 2.45) is 5.92 Å². The van der Waals surface area contributed by atoms with E-state index in [1.807, 2.05) is 0 Å². The zero-order valence-corrected chi connectivity index (χ0v) is 17.1. The normalized spacial score (nSPS) is 18.7. The maximum absolute atomic E-state index is 12.5. The Bertz CT molecular complexity index is 855. The molecule has 0 saturated carbocycles. The first-order valence-corrected chi connectivity index (χ1v) is 9.76. The molecule has 0 radical (unpaired) electrons. The number of anilines is 1. The summed E-state index contributed by atoms with van der Waals surface area (Å²) in [4.78, 5) is 50.0. The number of esters is 1. The van der Waals surface area contributed by atoms with E-state index < -0.39 is 29.9 Å². The van der Waals surface area contributed by atoms with Crippen molar-refractivity contribution in [1.82, 2.24) is 10.6 Å². The van der Waals surface area contributed by atoms with Crippen LogP contribution in [0.25, 0.3) is 0 Å². The van der Waals surface area contributed by atoms with E-state index in [9.17, 15) is 19.2 Å². The van der Waals surface area contributed by atoms with Gasteiger partial charge in [0.2, 0.25) is 5.91 Å². The molecule has 10 heteroatoms. The van der Waals surface area contributed by atoms with E-state index in [4.69, 9.17) is 14.2 Å². The summed E-state index contributed by atoms with van der Waals surface area (Å²) < 4.78 is 16.2. The van der Waals surface area contributed by atoms with E-state index in [1.165, 1.54) is 11.8 Å². The maximum atomic E-state index is 12.5. The Morgan fingerprint density at radius 1 is 1.13 bits per heavy atom. The summed E-state index contributed by atoms with van der Waals surface area (Å²) in [5.74, 6) is -1.21. The number of carbonyl (C=O) groups is 4. The molecule has 3 rings (SSSR count). The highest BCUT2D eigenvalue weighted by Gasteiger charge is 2.37. The topological polar surface area (TPSA) is 123 Å². The van der Waals surface area contributed by atoms with Crippen molar-refractivity contribution >= 4 is 29.5 Å². The first kappa shape index (κ1) is 21.4. The molecule has 2 heterocycles. The van der Waals surface area contributed by atoms with Crippen molar-refractivity contribution in [2.45, 2.75) is 39.3 Å². The number of nitrogens with zero attached hydrogens (tertiary/aromatic N) is 1. The molecule has 1 aromatic carbocycles. The van der Waals surface area contributed by atoms with Crippen LogP contribution in [-0.4, -0.2) is 55.7 Å². The van der Waals surface area contributed by atoms with Crippen LogP contribution in [0.5, 0.6) is 11.5 Å². The quantitative estimate of drug-likeness (QED) is 0.682. The van der Waals surface area contributed by atoms with E-state index in [-0.39, 0.29) is 24.9 Å². The fourth-order valence-electron chi connectivity index (χ4n) is 3.15. The highest BCUT2D eigenvalue weighted by Crippen LogP contribution is 2.36. The molecule has 2 atom stereocenters. The highest BCUT2D eigenvalue weighted by atomic mass is 16.6. The second-order valence-electron chi connectivity index (χ2n) is 7.43. The van der Waals surface area contributed by atoms with Crippen LogP contribution in [0, 0.1) is 5.92 Å². The molecule has 0 aromatic heterocycles. The van der Waals surface area contributed by atoms with Crippen molar-refractivity contribution in [2.75, 3.05) is 24.7 Å². The van der Waals surface area contributed by atoms with Crippen molar-refractivity contribution < 1.29 is 33.4 Å². The number of fused-ring (bicyclic) bond motifs is 1. The Morgan fingerprint density at radius 2 is 1.83 bits per heavy atom. The zero-order chi connectivity index (χ0) is 21.8. The number of hydrogen-bond donors (Lipinski definition) is 2. The standard InChI is InChI=1S/C20H25N3O7/c1-11(2)21-20(27)22-18(25)12(3)30-19(26)13-8-17(24)23(10-13)14-4-5-15-16(9-14)29-7-6-28-15/h4-5,9,11-13H,6-8,10H2,1-3H3,(H2,21,22,25,27)/t12-,13+/m1/s1. The Kier molecular flexibility index (Phi) is 6.43. The lowest BCUT2D eigenvalue weighted by atomic mass is 10.1. The van der Waals surface area contributed by atoms with E-state index in [2.05, 4.69) is 10.6 Å². The number of amides is 4. The lowest BCUT2D eigenvalue weighted by Gasteiger charge is -2.22. The van der Waals surface area contributed by atoms with E-state index in [1.54, 1.807) is 32.0 Å². The minimum atomic E-state index is -1.17. The van der Waals surface area contributed by atoms with Gasteiger partial charge in [-0.25, -0.2) is 4.79 Å². The zero-order valence-electron chi connectivity index (χ0n) is 17.1. The summed E-state index contributed by atoms with van der Waals surface area (Å²) >= 11 is 0. The number of nitrogens with one attached hydrogen (secondary N) is 2. The van der Waals surface area contributed by atoms with Gasteiger partial charge in [-0.15, -0.1) is 0 Å². The third-order valence-electron chi connectivity index (χ3n) is 4.61. The summed E-state index contributed by atoms with van der Waals surface area (Å²) in [5.41, 5.74) is 0.593. The van der Waals surface area contributed by atoms with Gasteiger partial charge in [0.1, 0.15) is 13.2 Å². The monoisotopic (exact) mass is 419 g/mol. The predicted molar refractivity (Wildman–Crippen MR) is 105 cm³/mol. The van der Waals surface area contributed by atoms with Gasteiger partial charge in [-0.1, -0.05) is 0 Å². The molecule has 1 aromatic rings. The van der Waals surface area contributed by atoms with Gasteiger partial charge in [0.05, 0.1) is 5.92 Å². The molecule has 0 unspecified atom stereocenters. The number of ether oxygens (including phenoxy) is 3. The summed E-state index contributed by atoms with van der Waals surface area (Å²) in [6.45, 7) is 5.88. The third-order valence-corrected chi connectivity index (χ3v) is 4.61. The number of urea groups is 1. The van der Waals surface area contributed by atoms with E-state index >= 15 is 0 Å². The van der Waals surface area contributed by atoms with Gasteiger partial charge in [0.15, 0.2) is 17.6 Å². The second kappa shape index (κ2) is 9.02. The summed E-state index contributed by atoms with van der Waals surface area (Å²) in [6.07, 6.45) is -1.20. The van der Waals surface area contributed by atoms with Crippen molar-refractivity contribution in [3.63, 3.8) is 0 Å². The van der Waals surface area contributed by atoms with Crippen molar-refractivity contribution in [3.05, 3.63) is 18.2 Å². The number of carbonyl (C=O) groups excluding carboxylic acids is 4. The van der Waals surface area contributed by atoms with Gasteiger partial charge in [-0.2, -0.15) is 0 Å². The van der Waals surface area contributed by atoms with Crippen molar-refractivity contribution in [1.29, 1.82) is 0 Å². The average Bonchev–Trinajstić information content (AvgIpc) is 3.08. The number of hydrogen-bond acceptors (Lipinski definition) is 7. The van der Waals surface area contributed by atoms with Crippen LogP contribution in [0.3, 0.4) is 0 Å². The number of benzene rings is 1. The van der Waals surface area contributed by atoms with E-state index in [0.717, 1.165) is 0 Å². The third kappa shape index (κ3) is 5.00. The van der Waals surface area contributed by atoms with Crippen LogP contribution in [-0.2, 0) is 19.1 Å². The summed E-state index contributed by atoms with van der Waals surface area (Å²) in [7, 11) is 0. The van der Waals surface area contributed by atoms with Crippen LogP contribution in [0.15, 0.2) is 18.2 Å². The van der Waals surface area contributed by atoms with Gasteiger partial charge in [-0.3, -0.25) is 19.7 Å². The van der Waals surface area contributed by atoms with Crippen molar-refractivity contribution in [3.8, 4) is 11.5 Å². The average molecular weight is 419 g/mol. The molecule has 2 aliphatic rings. The lowest BCUT2D eigenvalue weighted by Crippen LogP contribution is -2.47. The minimum absolute atomic E-state index is 0.0323. The summed E-state index contributed by atoms with van der Waals surface area (Å²) in [6, 6.07) is 4.33. The number of rotatable bonds is 5. The van der Waals surface area contributed by atoms with Crippen LogP contribution >= 0.6 is 0 Å². The predicted octanol–water partition coefficient (Wildman–Crippen LogP) is 0.977. The van der Waals surface area contributed by atoms with Crippen LogP contribution in [0.4, 0.5) is 10.5 Å². The molecule has 30 heavy (non-hydrogen) atoms. The minimum Gasteiger partial charge on any atom is -0.486 e. The molecule has 1 saturated heterocycles. The number of imide groups is 1. The highest BCUT2D eigenvalue weighted by molar-refractivity contribution is 6.00. The fraction of sp³-hybridized carbons (Fsp3) is 0.500. The van der Waals surface area contributed by atoms with Gasteiger partial charge >= 0.3 is 12.0 Å². The molecular weight excluding hydrogens is 394 g/mol. The smallest absolute Gasteiger partial charge is 0.321 e. The first-order valence-electron chi connectivity index (χ1n) is 9.76. The Balaban J connectivity index is 1.57. The Morgan fingerprint density at radius 3 is 2.53 bits per heavy atom. The molecule has 0 bridgehead atoms. The molecular formula is C20H25N3O7. The molecule has 4 amide bonds. The second-order valence-corrected chi connectivity index (χ2v) is 7.43. The molecule has 2 aliphatic heterocycles.